The second-order valence-corrected chi connectivity index (χ2v) is 4.16. The lowest BCUT2D eigenvalue weighted by Crippen LogP contribution is -2.48. The Morgan fingerprint density at radius 2 is 1.73 bits per heavy atom. The first-order valence-corrected chi connectivity index (χ1v) is 3.72. The highest BCUT2D eigenvalue weighted by molar-refractivity contribution is 4.98. The van der Waals surface area contributed by atoms with Crippen LogP contribution in [0, 0.1) is 5.21 Å². The van der Waals surface area contributed by atoms with Crippen LogP contribution in [0.25, 0.3) is 0 Å². The average Bonchev–Trinajstić information content (AvgIpc) is 1.94. The molecule has 1 aliphatic heterocycles. The summed E-state index contributed by atoms with van der Waals surface area (Å²) in [4.78, 5) is 0. The predicted molar refractivity (Wildman–Crippen MR) is 41.9 cm³/mol. The monoisotopic (exact) mass is 159 g/mol. The number of hydroxylamine groups is 4. The van der Waals surface area contributed by atoms with Crippen molar-refractivity contribution in [1.29, 1.82) is 0 Å². The van der Waals surface area contributed by atoms with Gasteiger partial charge in [0.1, 0.15) is 0 Å². The van der Waals surface area contributed by atoms with E-state index in [-0.39, 0.29) is 0 Å². The van der Waals surface area contributed by atoms with E-state index < -0.39 is 11.2 Å². The van der Waals surface area contributed by atoms with Crippen molar-refractivity contribution in [3.8, 4) is 0 Å². The molecule has 0 aromatic heterocycles. The largest absolute Gasteiger partial charge is 0.784 e. The highest BCUT2D eigenvalue weighted by Crippen LogP contribution is 2.33. The molecule has 1 fully saturated rings. The minimum absolute atomic E-state index is 0.344. The Bertz CT molecular complexity index is 168. The van der Waals surface area contributed by atoms with Crippen LogP contribution in [0.3, 0.4) is 0 Å². The van der Waals surface area contributed by atoms with Gasteiger partial charge in [0, 0.05) is 6.54 Å². The number of rotatable bonds is 0. The summed E-state index contributed by atoms with van der Waals surface area (Å²) < 4.78 is 0. The summed E-state index contributed by atoms with van der Waals surface area (Å²) in [7, 11) is 0. The van der Waals surface area contributed by atoms with Gasteiger partial charge in [-0.1, -0.05) is 0 Å². The van der Waals surface area contributed by atoms with E-state index in [1.165, 1.54) is 0 Å². The van der Waals surface area contributed by atoms with Crippen molar-refractivity contribution < 1.29 is 5.21 Å². The maximum atomic E-state index is 11.2. The summed E-state index contributed by atoms with van der Waals surface area (Å²) in [5.74, 6) is 0. The first kappa shape index (κ1) is 8.93. The lowest BCUT2D eigenvalue weighted by atomic mass is 10.1. The molecule has 0 aromatic rings. The topological polar surface area (TPSA) is 49.8 Å². The van der Waals surface area contributed by atoms with Gasteiger partial charge in [-0.3, -0.25) is 0 Å². The van der Waals surface area contributed by atoms with Crippen LogP contribution in [0.2, 0.25) is 0 Å². The molecule has 1 heterocycles. The first-order valence-electron chi connectivity index (χ1n) is 3.72. The third-order valence-corrected chi connectivity index (χ3v) is 2.23. The van der Waals surface area contributed by atoms with Crippen LogP contribution in [0.4, 0.5) is 0 Å². The zero-order chi connectivity index (χ0) is 8.86. The first-order chi connectivity index (χ1) is 4.78. The van der Waals surface area contributed by atoms with Crippen molar-refractivity contribution >= 4 is 0 Å². The number of nitrogens with zero attached hydrogens (tertiary/aromatic N) is 2. The Morgan fingerprint density at radius 3 is 1.82 bits per heavy atom. The molecular formula is C7H15N2O2-. The van der Waals surface area contributed by atoms with Crippen LogP contribution in [0.1, 0.15) is 27.7 Å². The van der Waals surface area contributed by atoms with Crippen molar-refractivity contribution in [2.24, 2.45) is 0 Å². The summed E-state index contributed by atoms with van der Waals surface area (Å²) >= 11 is 0. The highest BCUT2D eigenvalue weighted by Gasteiger charge is 2.45. The van der Waals surface area contributed by atoms with Crippen LogP contribution >= 0.6 is 0 Å². The van der Waals surface area contributed by atoms with Crippen molar-refractivity contribution in [1.82, 2.24) is 10.1 Å². The molecular weight excluding hydrogens is 144 g/mol. The van der Waals surface area contributed by atoms with E-state index >= 15 is 0 Å². The van der Waals surface area contributed by atoms with E-state index in [0.29, 0.717) is 6.54 Å². The van der Waals surface area contributed by atoms with Crippen LogP contribution in [-0.4, -0.2) is 33.1 Å². The van der Waals surface area contributed by atoms with Gasteiger partial charge in [0.25, 0.3) is 0 Å². The Kier molecular flexibility index (Phi) is 1.76. The summed E-state index contributed by atoms with van der Waals surface area (Å²) in [5, 5.41) is 22.8. The van der Waals surface area contributed by atoms with Crippen LogP contribution in [-0.2, 0) is 0 Å². The fourth-order valence-electron chi connectivity index (χ4n) is 1.46. The second kappa shape index (κ2) is 2.17. The van der Waals surface area contributed by atoms with Gasteiger partial charge in [-0.25, -0.2) is 0 Å². The van der Waals surface area contributed by atoms with Gasteiger partial charge >= 0.3 is 0 Å². The Balaban J connectivity index is 2.89. The number of hydrogen-bond acceptors (Lipinski definition) is 4. The predicted octanol–water partition coefficient (Wildman–Crippen LogP) is 1.01. The minimum atomic E-state index is -0.788. The van der Waals surface area contributed by atoms with E-state index in [2.05, 4.69) is 0 Å². The molecule has 1 N–H and O–H groups in total. The summed E-state index contributed by atoms with van der Waals surface area (Å²) in [6, 6.07) is 0. The van der Waals surface area contributed by atoms with Gasteiger partial charge in [0.15, 0.2) is 0 Å². The fraction of sp³-hybridized carbons (Fsp3) is 1.00. The van der Waals surface area contributed by atoms with E-state index in [9.17, 15) is 10.4 Å². The smallest absolute Gasteiger partial charge is 0.0813 e. The molecule has 0 unspecified atom stereocenters. The third kappa shape index (κ3) is 1.16. The van der Waals surface area contributed by atoms with Crippen LogP contribution < -0.4 is 0 Å². The van der Waals surface area contributed by atoms with Gasteiger partial charge in [-0.2, -0.15) is 5.06 Å². The van der Waals surface area contributed by atoms with E-state index in [1.807, 2.05) is 13.8 Å². The van der Waals surface area contributed by atoms with Gasteiger partial charge < -0.3 is 15.5 Å². The van der Waals surface area contributed by atoms with E-state index in [0.717, 1.165) is 10.1 Å². The minimum Gasteiger partial charge on any atom is -0.784 e. The molecule has 1 rings (SSSR count). The Hall–Kier alpha value is -0.160. The maximum Gasteiger partial charge on any atom is 0.0813 e. The zero-order valence-electron chi connectivity index (χ0n) is 7.46. The third-order valence-electron chi connectivity index (χ3n) is 2.23. The lowest BCUT2D eigenvalue weighted by molar-refractivity contribution is -0.205. The SMILES string of the molecule is CC1(C)CN([O-])C(C)(C)N1O. The summed E-state index contributed by atoms with van der Waals surface area (Å²) in [6.07, 6.45) is 0. The molecule has 0 aliphatic carbocycles. The molecule has 0 bridgehead atoms. The van der Waals surface area contributed by atoms with Gasteiger partial charge in [-0.05, 0) is 27.7 Å². The Morgan fingerprint density at radius 1 is 1.27 bits per heavy atom. The van der Waals surface area contributed by atoms with Crippen molar-refractivity contribution in [2.45, 2.75) is 38.9 Å². The average molecular weight is 159 g/mol. The zero-order valence-corrected chi connectivity index (χ0v) is 7.46. The molecule has 1 saturated heterocycles. The molecule has 0 atom stereocenters. The molecule has 0 amide bonds. The van der Waals surface area contributed by atoms with Crippen LogP contribution in [0.5, 0.6) is 0 Å². The van der Waals surface area contributed by atoms with Gasteiger partial charge in [0.05, 0.1) is 11.2 Å². The van der Waals surface area contributed by atoms with E-state index in [4.69, 9.17) is 0 Å². The van der Waals surface area contributed by atoms with Crippen molar-refractivity contribution in [2.75, 3.05) is 6.54 Å². The lowest BCUT2D eigenvalue weighted by Gasteiger charge is -2.39. The van der Waals surface area contributed by atoms with Gasteiger partial charge in [0.2, 0.25) is 0 Å². The molecule has 0 radical (unpaired) electrons. The van der Waals surface area contributed by atoms with Crippen LogP contribution in [0.15, 0.2) is 0 Å². The summed E-state index contributed by atoms with van der Waals surface area (Å²) in [6.45, 7) is 7.43. The molecule has 0 saturated carbocycles. The molecule has 0 spiro atoms. The molecule has 11 heavy (non-hydrogen) atoms. The maximum absolute atomic E-state index is 11.2. The normalized spacial score (nSPS) is 31.1. The summed E-state index contributed by atoms with van der Waals surface area (Å²) in [5.41, 5.74) is -1.23. The molecule has 0 aromatic carbocycles. The molecule has 66 valence electrons. The second-order valence-electron chi connectivity index (χ2n) is 4.16. The van der Waals surface area contributed by atoms with Crippen molar-refractivity contribution in [3.63, 3.8) is 0 Å². The van der Waals surface area contributed by atoms with Gasteiger partial charge in [-0.15, -0.1) is 0 Å². The van der Waals surface area contributed by atoms with E-state index in [1.54, 1.807) is 13.8 Å². The standard InChI is InChI=1S/C7H15N2O2/c1-6(2)5-8(10)7(3,4)9(6)11/h11H,5H2,1-4H3/q-1. The Labute approximate surface area is 66.9 Å². The quantitative estimate of drug-likeness (QED) is 0.573. The molecule has 4 heteroatoms. The number of hydrogen-bond donors (Lipinski definition) is 1. The molecule has 4 nitrogen and oxygen atoms in total. The highest BCUT2D eigenvalue weighted by atomic mass is 16.6. The molecule has 1 aliphatic rings. The fourth-order valence-corrected chi connectivity index (χ4v) is 1.46. The van der Waals surface area contributed by atoms with Crippen molar-refractivity contribution in [3.05, 3.63) is 5.21 Å².